The molecule has 4 heterocycles. The second kappa shape index (κ2) is 28.9. The van der Waals surface area contributed by atoms with Crippen molar-refractivity contribution in [2.75, 3.05) is 37.7 Å². The van der Waals surface area contributed by atoms with Crippen LogP contribution in [0.3, 0.4) is 0 Å². The number of aromatic nitrogens is 1. The first kappa shape index (κ1) is 62.1. The van der Waals surface area contributed by atoms with Crippen LogP contribution in [0.2, 0.25) is 0 Å². The highest BCUT2D eigenvalue weighted by molar-refractivity contribution is 6.04. The molecule has 0 spiro atoms. The first-order chi connectivity index (χ1) is 39.7. The molecule has 7 rings (SSSR count). The highest BCUT2D eigenvalue weighted by atomic mass is 16.3. The van der Waals surface area contributed by atoms with Gasteiger partial charge in [0.25, 0.3) is 0 Å². The molecule has 2 bridgehead atoms. The number of carbonyl (C=O) groups excluding carboxylic acids is 11. The number of aliphatic hydroxyl groups is 2. The summed E-state index contributed by atoms with van der Waals surface area (Å²) >= 11 is 0. The van der Waals surface area contributed by atoms with Crippen molar-refractivity contribution in [3.8, 4) is 0 Å². The van der Waals surface area contributed by atoms with Crippen LogP contribution in [0.15, 0.2) is 72.9 Å². The maximum absolute atomic E-state index is 14.5. The summed E-state index contributed by atoms with van der Waals surface area (Å²) in [5.41, 5.74) is 9.92. The van der Waals surface area contributed by atoms with E-state index in [0.717, 1.165) is 11.1 Å². The minimum Gasteiger partial charge on any atom is -0.391 e. The molecular formula is C58H74N12O13. The van der Waals surface area contributed by atoms with Gasteiger partial charge in [0.15, 0.2) is 0 Å². The van der Waals surface area contributed by atoms with E-state index in [1.54, 1.807) is 48.7 Å². The molecule has 2 saturated heterocycles. The van der Waals surface area contributed by atoms with E-state index in [4.69, 9.17) is 5.73 Å². The fraction of sp³-hybridized carbons (Fsp3) is 0.466. The van der Waals surface area contributed by atoms with E-state index in [1.165, 1.54) is 35.5 Å². The topological polar surface area (TPSA) is 364 Å². The summed E-state index contributed by atoms with van der Waals surface area (Å²) in [6.07, 6.45) is 3.08. The van der Waals surface area contributed by atoms with E-state index >= 15 is 0 Å². The monoisotopic (exact) mass is 1150 g/mol. The number of hydrogen-bond acceptors (Lipinski definition) is 14. The van der Waals surface area contributed by atoms with Crippen molar-refractivity contribution in [3.63, 3.8) is 0 Å². The number of aromatic amines is 1. The van der Waals surface area contributed by atoms with Crippen molar-refractivity contribution in [1.82, 2.24) is 52.0 Å². The third-order valence-electron chi connectivity index (χ3n) is 15.2. The van der Waals surface area contributed by atoms with E-state index in [-0.39, 0.29) is 70.0 Å². The Morgan fingerprint density at radius 3 is 2.19 bits per heavy atom. The van der Waals surface area contributed by atoms with Crippen molar-refractivity contribution in [3.05, 3.63) is 101 Å². The number of hydrogen-bond donors (Lipinski definition) is 11. The molecule has 3 aromatic carbocycles. The second-order valence-electron chi connectivity index (χ2n) is 21.2. The van der Waals surface area contributed by atoms with Crippen LogP contribution in [-0.2, 0) is 85.1 Å². The second-order valence-corrected chi connectivity index (χ2v) is 21.2. The molecule has 3 aliphatic rings. The Labute approximate surface area is 479 Å². The van der Waals surface area contributed by atoms with Gasteiger partial charge in [0.2, 0.25) is 59.1 Å². The summed E-state index contributed by atoms with van der Waals surface area (Å²) in [6, 6.07) is 11.5. The molecular weight excluding hydrogens is 1070 g/mol. The maximum Gasteiger partial charge on any atom is 0.246 e. The molecule has 2 fully saturated rings. The van der Waals surface area contributed by atoms with E-state index < -0.39 is 108 Å². The van der Waals surface area contributed by atoms with Gasteiger partial charge < -0.3 is 77.6 Å². The Kier molecular flexibility index (Phi) is 21.6. The lowest BCUT2D eigenvalue weighted by atomic mass is 9.99. The number of aldehydes is 1. The SMILES string of the molecule is C[C@H]1NC(=O)[C@H](C)N(C(=O)CCC(=O)NCc2ccc(CCNC(=O)C3CCCN3C(=O)CNC(=O)[C@@H](N)[C@@H](C)O)cc2)c2ccc3[nH]cc(c3c2)C[C@@H](C(=O)N2CCC[C@H]2C=O)NC(=O)[C@H](Cc2cccc(CNC(=O)CO)c2)NC1=O. The first-order valence-electron chi connectivity index (χ1n) is 27.9. The van der Waals surface area contributed by atoms with E-state index in [1.807, 2.05) is 24.3 Å². The number of nitrogens with two attached hydrogens (primary N) is 1. The number of aliphatic hydroxyl groups excluding tert-OH is 2. The van der Waals surface area contributed by atoms with Crippen LogP contribution in [0.25, 0.3) is 10.9 Å². The summed E-state index contributed by atoms with van der Waals surface area (Å²) in [7, 11) is 0. The van der Waals surface area contributed by atoms with Gasteiger partial charge in [-0.05, 0) is 98.9 Å². The van der Waals surface area contributed by atoms with Crippen LogP contribution in [0.1, 0.15) is 87.1 Å². The normalized spacial score (nSPS) is 21.1. The van der Waals surface area contributed by atoms with Gasteiger partial charge in [-0.15, -0.1) is 0 Å². The van der Waals surface area contributed by atoms with Gasteiger partial charge >= 0.3 is 0 Å². The summed E-state index contributed by atoms with van der Waals surface area (Å²) in [4.78, 5) is 154. The Morgan fingerprint density at radius 1 is 0.759 bits per heavy atom. The number of carbonyl (C=O) groups is 11. The Morgan fingerprint density at radius 2 is 1.46 bits per heavy atom. The number of fused-ring (bicyclic) bond motifs is 1. The van der Waals surface area contributed by atoms with Gasteiger partial charge in [0.1, 0.15) is 49.1 Å². The average Bonchev–Trinajstić information content (AvgIpc) is 4.35. The van der Waals surface area contributed by atoms with Crippen LogP contribution >= 0.6 is 0 Å². The van der Waals surface area contributed by atoms with E-state index in [9.17, 15) is 63.0 Å². The molecule has 0 radical (unpaired) electrons. The number of benzene rings is 3. The lowest BCUT2D eigenvalue weighted by Gasteiger charge is -2.31. The van der Waals surface area contributed by atoms with Gasteiger partial charge in [0, 0.05) is 81.2 Å². The van der Waals surface area contributed by atoms with Gasteiger partial charge in [-0.25, -0.2) is 0 Å². The summed E-state index contributed by atoms with van der Waals surface area (Å²) in [6.45, 7) is 4.32. The number of anilines is 1. The van der Waals surface area contributed by atoms with Crippen LogP contribution in [0.4, 0.5) is 5.69 Å². The molecule has 25 nitrogen and oxygen atoms in total. The highest BCUT2D eigenvalue weighted by Crippen LogP contribution is 2.29. The predicted octanol–water partition coefficient (Wildman–Crippen LogP) is -1.47. The van der Waals surface area contributed by atoms with E-state index in [0.29, 0.717) is 72.5 Å². The Balaban J connectivity index is 1.01. The average molecular weight is 1150 g/mol. The summed E-state index contributed by atoms with van der Waals surface area (Å²) in [5.74, 6) is -5.77. The summed E-state index contributed by atoms with van der Waals surface area (Å²) < 4.78 is 0. The van der Waals surface area contributed by atoms with Crippen LogP contribution < -0.4 is 47.9 Å². The molecule has 4 aromatic rings. The standard InChI is InChI=1S/C58H74N12O13/c1-33-53(78)66-45(24-38-7-4-8-39(23-38)28-63-49(75)32-72)55(80)67-46(58(83)68-21-5-9-42(68)31-71)25-40-29-61-44-16-15-41(26-43(40)44)70(34(2)54(79)65-33)50(76)18-17-48(74)62-27-37-13-11-36(12-14-37)19-20-60-56(81)47-10-6-22-69(47)51(77)30-64-57(82)52(59)35(3)73/h4,7-8,11-16,23,26,29,31,33-35,42,45-47,52,61,72-73H,5-6,9-10,17-22,24-25,27-28,30,32,59H2,1-3H3,(H,60,81)(H,62,74)(H,63,75)(H,64,82)(H,65,79)(H,66,78)(H,67,80)/t33-,34+,35-,42+,45+,46+,47?,52+/m1/s1. The van der Waals surface area contributed by atoms with Crippen molar-refractivity contribution in [1.29, 1.82) is 0 Å². The van der Waals surface area contributed by atoms with Gasteiger partial charge in [-0.3, -0.25) is 47.9 Å². The molecule has 0 aliphatic carbocycles. The van der Waals surface area contributed by atoms with Gasteiger partial charge in [0.05, 0.1) is 18.7 Å². The number of likely N-dealkylation sites (tertiary alicyclic amines) is 2. The lowest BCUT2D eigenvalue weighted by molar-refractivity contribution is -0.139. The molecule has 83 heavy (non-hydrogen) atoms. The first-order valence-corrected chi connectivity index (χ1v) is 27.9. The third-order valence-corrected chi connectivity index (χ3v) is 15.2. The Bertz CT molecular complexity index is 3060. The van der Waals surface area contributed by atoms with Gasteiger partial charge in [-0.1, -0.05) is 48.5 Å². The molecule has 8 atom stereocenters. The van der Waals surface area contributed by atoms with Crippen molar-refractivity contribution in [2.45, 2.75) is 140 Å². The maximum atomic E-state index is 14.5. The third kappa shape index (κ3) is 16.3. The number of amides is 10. The molecule has 0 saturated carbocycles. The predicted molar refractivity (Wildman–Crippen MR) is 302 cm³/mol. The van der Waals surface area contributed by atoms with E-state index in [2.05, 4.69) is 42.2 Å². The number of H-pyrrole nitrogens is 1. The van der Waals surface area contributed by atoms with Crippen LogP contribution in [0, 0.1) is 0 Å². The number of nitrogens with one attached hydrogen (secondary N) is 8. The molecule has 444 valence electrons. The zero-order chi connectivity index (χ0) is 59.9. The minimum atomic E-state index is -1.31. The molecule has 10 amide bonds. The smallest absolute Gasteiger partial charge is 0.246 e. The van der Waals surface area contributed by atoms with Crippen molar-refractivity contribution in [2.24, 2.45) is 5.73 Å². The van der Waals surface area contributed by atoms with Crippen molar-refractivity contribution < 1.29 is 63.0 Å². The quantitative estimate of drug-likeness (QED) is 0.0451. The molecule has 3 aliphatic heterocycles. The minimum absolute atomic E-state index is 0.0667. The Hall–Kier alpha value is -8.55. The molecule has 1 aromatic heterocycles. The fourth-order valence-electron chi connectivity index (χ4n) is 10.4. The zero-order valence-corrected chi connectivity index (χ0v) is 46.7. The molecule has 25 heteroatoms. The molecule has 1 unspecified atom stereocenters. The van der Waals surface area contributed by atoms with Crippen LogP contribution in [0.5, 0.6) is 0 Å². The highest BCUT2D eigenvalue weighted by Gasteiger charge is 2.38. The van der Waals surface area contributed by atoms with Gasteiger partial charge in [-0.2, -0.15) is 0 Å². The van der Waals surface area contributed by atoms with Crippen LogP contribution in [-0.4, -0.2) is 172 Å². The lowest BCUT2D eigenvalue weighted by Crippen LogP contribution is -2.59. The number of nitrogens with zero attached hydrogens (tertiary/aromatic N) is 3. The molecule has 12 N–H and O–H groups in total. The summed E-state index contributed by atoms with van der Waals surface area (Å²) in [5, 5.41) is 38.3. The largest absolute Gasteiger partial charge is 0.391 e. The zero-order valence-electron chi connectivity index (χ0n) is 46.7. The fourth-order valence-corrected chi connectivity index (χ4v) is 10.4. The number of rotatable bonds is 20. The van der Waals surface area contributed by atoms with Crippen molar-refractivity contribution >= 4 is 81.9 Å².